The van der Waals surface area contributed by atoms with Crippen LogP contribution < -0.4 is 5.32 Å². The highest BCUT2D eigenvalue weighted by Crippen LogP contribution is 2.52. The number of methoxy groups -OCH3 is 1. The molecule has 1 aliphatic rings. The number of benzene rings is 1. The maximum atomic E-state index is 14.3. The van der Waals surface area contributed by atoms with Crippen molar-refractivity contribution >= 4 is 46.5 Å². The van der Waals surface area contributed by atoms with E-state index >= 15 is 0 Å². The average molecular weight is 517 g/mol. The highest BCUT2D eigenvalue weighted by atomic mass is 35.5. The van der Waals surface area contributed by atoms with Crippen LogP contribution in [0.5, 0.6) is 0 Å². The van der Waals surface area contributed by atoms with E-state index in [1.54, 1.807) is 6.07 Å². The second-order valence-corrected chi connectivity index (χ2v) is 9.27. The Bertz CT molecular complexity index is 1130. The van der Waals surface area contributed by atoms with Crippen LogP contribution in [0.2, 0.25) is 5.02 Å². The molecule has 2 N–H and O–H groups in total. The van der Waals surface area contributed by atoms with E-state index in [1.165, 1.54) is 35.7 Å². The molecule has 174 valence electrons. The van der Waals surface area contributed by atoms with Crippen LogP contribution in [0.25, 0.3) is 0 Å². The number of aliphatic hydroxyl groups is 1. The topological polar surface area (TPSA) is 99.4 Å². The molecule has 1 aliphatic heterocycles. The first-order valence-corrected chi connectivity index (χ1v) is 11.5. The Morgan fingerprint density at radius 1 is 1.33 bits per heavy atom. The Labute approximate surface area is 200 Å². The second kappa shape index (κ2) is 9.77. The van der Waals surface area contributed by atoms with Gasteiger partial charge in [-0.15, -0.1) is 11.3 Å². The third kappa shape index (κ3) is 4.75. The van der Waals surface area contributed by atoms with Gasteiger partial charge >= 0.3 is 12.1 Å². The number of ketones is 1. The summed E-state index contributed by atoms with van der Waals surface area (Å²) < 4.78 is 47.5. The van der Waals surface area contributed by atoms with Crippen LogP contribution >= 0.6 is 34.7 Å². The molecule has 0 aliphatic carbocycles. The predicted octanol–water partition coefficient (Wildman–Crippen LogP) is 4.48. The maximum Gasteiger partial charge on any atom is 0.437 e. The van der Waals surface area contributed by atoms with E-state index in [2.05, 4.69) is 4.74 Å². The normalized spacial score (nSPS) is 22.9. The molecule has 3 rings (SSSR count). The number of allylic oxidation sites excluding steroid dienone is 1. The number of nitrogens with one attached hydrogen (secondary N) is 1. The number of rotatable bonds is 6. The first-order valence-electron chi connectivity index (χ1n) is 9.28. The van der Waals surface area contributed by atoms with Crippen LogP contribution in [-0.4, -0.2) is 41.6 Å². The highest BCUT2D eigenvalue weighted by molar-refractivity contribution is 8.03. The second-order valence-electron chi connectivity index (χ2n) is 6.93. The minimum atomic E-state index is -5.33. The number of ether oxygens (including phenoxy) is 1. The number of esters is 1. The molecule has 33 heavy (non-hydrogen) atoms. The van der Waals surface area contributed by atoms with Gasteiger partial charge in [0.15, 0.2) is 5.78 Å². The molecule has 0 saturated heterocycles. The quantitative estimate of drug-likeness (QED) is 0.431. The van der Waals surface area contributed by atoms with E-state index in [0.29, 0.717) is 11.8 Å². The fourth-order valence-corrected chi connectivity index (χ4v) is 5.41. The van der Waals surface area contributed by atoms with Crippen LogP contribution in [0, 0.1) is 17.2 Å². The maximum absolute atomic E-state index is 14.3. The van der Waals surface area contributed by atoms with Crippen LogP contribution in [0.3, 0.4) is 0 Å². The van der Waals surface area contributed by atoms with E-state index in [4.69, 9.17) is 11.6 Å². The molecule has 0 amide bonds. The Morgan fingerprint density at radius 2 is 2.03 bits per heavy atom. The number of thiophene rings is 1. The van der Waals surface area contributed by atoms with Gasteiger partial charge in [0.2, 0.25) is 5.72 Å². The number of carbonyl (C=O) groups excluding carboxylic acids is 2. The van der Waals surface area contributed by atoms with Crippen molar-refractivity contribution in [1.29, 1.82) is 5.26 Å². The lowest BCUT2D eigenvalue weighted by atomic mass is 9.70. The summed E-state index contributed by atoms with van der Waals surface area (Å²) >= 11 is 7.74. The molecule has 1 aromatic heterocycles. The predicted molar refractivity (Wildman–Crippen MR) is 118 cm³/mol. The van der Waals surface area contributed by atoms with Gasteiger partial charge in [0.1, 0.15) is 0 Å². The molecule has 1 aromatic carbocycles. The fourth-order valence-electron chi connectivity index (χ4n) is 3.51. The van der Waals surface area contributed by atoms with E-state index in [0.717, 1.165) is 18.4 Å². The number of halogens is 4. The zero-order chi connectivity index (χ0) is 24.4. The SMILES string of the molecule is COC(=O)CSC1=C(C#N)[C@H](c2ccccc2Cl)[C@@H](C(=O)c2cccs2)[C@@](O)(C(F)(F)F)N1. The lowest BCUT2D eigenvalue weighted by Crippen LogP contribution is -2.66. The average Bonchev–Trinajstić information content (AvgIpc) is 3.31. The number of hydrogen-bond donors (Lipinski definition) is 2. The molecule has 0 bridgehead atoms. The van der Waals surface area contributed by atoms with Crippen molar-refractivity contribution < 1.29 is 32.6 Å². The van der Waals surface area contributed by atoms with Gasteiger partial charge in [0, 0.05) is 10.9 Å². The van der Waals surface area contributed by atoms with E-state index in [9.17, 15) is 33.1 Å². The number of Topliss-reactive ketones (excluding diaryl/α,β-unsaturated/α-hetero) is 1. The summed E-state index contributed by atoms with van der Waals surface area (Å²) in [7, 11) is 1.10. The molecule has 2 aromatic rings. The van der Waals surface area contributed by atoms with E-state index in [1.807, 2.05) is 11.4 Å². The monoisotopic (exact) mass is 516 g/mol. The number of alkyl halides is 3. The Morgan fingerprint density at radius 3 is 2.58 bits per heavy atom. The minimum Gasteiger partial charge on any atom is -0.468 e. The molecular formula is C21H16ClF3N2O4S2. The molecular weight excluding hydrogens is 501 g/mol. The van der Waals surface area contributed by atoms with Gasteiger partial charge in [0.25, 0.3) is 0 Å². The Hall–Kier alpha value is -2.52. The summed E-state index contributed by atoms with van der Waals surface area (Å²) in [4.78, 5) is 24.9. The molecule has 2 heterocycles. The van der Waals surface area contributed by atoms with Crippen molar-refractivity contribution in [3.63, 3.8) is 0 Å². The van der Waals surface area contributed by atoms with Crippen molar-refractivity contribution in [3.05, 3.63) is 67.8 Å². The summed E-state index contributed by atoms with van der Waals surface area (Å²) in [6.45, 7) is 0. The smallest absolute Gasteiger partial charge is 0.437 e. The van der Waals surface area contributed by atoms with E-state index in [-0.39, 0.29) is 21.0 Å². The van der Waals surface area contributed by atoms with Gasteiger partial charge in [-0.1, -0.05) is 47.6 Å². The summed E-state index contributed by atoms with van der Waals surface area (Å²) in [6, 6.07) is 10.5. The third-order valence-corrected chi connectivity index (χ3v) is 7.26. The molecule has 0 radical (unpaired) electrons. The number of hydrogen-bond acceptors (Lipinski definition) is 8. The van der Waals surface area contributed by atoms with Crippen molar-refractivity contribution in [3.8, 4) is 6.07 Å². The Kier molecular flexibility index (Phi) is 7.43. The summed E-state index contributed by atoms with van der Waals surface area (Å²) in [6.07, 6.45) is -5.33. The fraction of sp³-hybridized carbons (Fsp3) is 0.286. The summed E-state index contributed by atoms with van der Waals surface area (Å²) in [5, 5.41) is 24.0. The first-order chi connectivity index (χ1) is 15.5. The number of carbonyl (C=O) groups is 2. The van der Waals surface area contributed by atoms with Gasteiger partial charge in [-0.2, -0.15) is 18.4 Å². The highest BCUT2D eigenvalue weighted by Gasteiger charge is 2.66. The Balaban J connectivity index is 2.30. The molecule has 0 saturated carbocycles. The van der Waals surface area contributed by atoms with Crippen molar-refractivity contribution in [2.45, 2.75) is 17.8 Å². The van der Waals surface area contributed by atoms with E-state index < -0.39 is 46.3 Å². The number of nitriles is 1. The zero-order valence-electron chi connectivity index (χ0n) is 16.9. The van der Waals surface area contributed by atoms with Gasteiger partial charge in [-0.25, -0.2) is 0 Å². The molecule has 0 fully saturated rings. The van der Waals surface area contributed by atoms with Gasteiger partial charge in [-0.3, -0.25) is 9.59 Å². The lowest BCUT2D eigenvalue weighted by molar-refractivity contribution is -0.285. The standard InChI is InChI=1S/C21H16ClF3N2O4S2/c1-31-15(28)10-33-19-12(9-26)16(11-5-2-3-6-13(11)22)17(18(29)14-7-4-8-32-14)20(30,27-19)21(23,24)25/h2-8,16-17,27,30H,10H2,1H3/t16-,17-,20+/m0/s1. The van der Waals surface area contributed by atoms with Gasteiger partial charge in [0.05, 0.1) is 40.3 Å². The van der Waals surface area contributed by atoms with Gasteiger partial charge < -0.3 is 15.2 Å². The van der Waals surface area contributed by atoms with Crippen molar-refractivity contribution in [2.75, 3.05) is 12.9 Å². The summed E-state index contributed by atoms with van der Waals surface area (Å²) in [5.74, 6) is -5.92. The van der Waals surface area contributed by atoms with Crippen LogP contribution in [0.1, 0.15) is 21.2 Å². The minimum absolute atomic E-state index is 0.0166. The largest absolute Gasteiger partial charge is 0.468 e. The third-order valence-electron chi connectivity index (χ3n) is 5.04. The number of nitrogens with zero attached hydrogens (tertiary/aromatic N) is 1. The molecule has 0 spiro atoms. The number of thioether (sulfide) groups is 1. The van der Waals surface area contributed by atoms with Crippen molar-refractivity contribution in [2.24, 2.45) is 5.92 Å². The molecule has 6 nitrogen and oxygen atoms in total. The molecule has 3 atom stereocenters. The lowest BCUT2D eigenvalue weighted by Gasteiger charge is -2.45. The molecule has 12 heteroatoms. The van der Waals surface area contributed by atoms with Crippen LogP contribution in [-0.2, 0) is 9.53 Å². The first kappa shape index (κ1) is 25.1. The zero-order valence-corrected chi connectivity index (χ0v) is 19.2. The van der Waals surface area contributed by atoms with Crippen molar-refractivity contribution in [1.82, 2.24) is 5.32 Å². The van der Waals surface area contributed by atoms with Crippen LogP contribution in [0.15, 0.2) is 52.4 Å². The molecule has 0 unspecified atom stereocenters. The van der Waals surface area contributed by atoms with Gasteiger partial charge in [-0.05, 0) is 23.1 Å². The van der Waals surface area contributed by atoms with Crippen LogP contribution in [0.4, 0.5) is 13.2 Å². The summed E-state index contributed by atoms with van der Waals surface area (Å²) in [5.41, 5.74) is -3.96.